The van der Waals surface area contributed by atoms with Crippen molar-refractivity contribution in [1.29, 1.82) is 0 Å². The average molecular weight is 289 g/mol. The quantitative estimate of drug-likeness (QED) is 0.752. The van der Waals surface area contributed by atoms with Gasteiger partial charge in [-0.05, 0) is 12.9 Å². The summed E-state index contributed by atoms with van der Waals surface area (Å²) in [5, 5.41) is 5.39. The third-order valence-corrected chi connectivity index (χ3v) is 3.38. The molecule has 0 aromatic carbocycles. The highest BCUT2D eigenvalue weighted by Crippen LogP contribution is 2.38. The number of fused-ring (bicyclic) bond motifs is 3. The zero-order chi connectivity index (χ0) is 17.0. The van der Waals surface area contributed by atoms with E-state index >= 15 is 0 Å². The molecule has 108 valence electrons. The lowest BCUT2D eigenvalue weighted by Gasteiger charge is -2.40. The molecule has 1 saturated heterocycles. The van der Waals surface area contributed by atoms with Gasteiger partial charge in [-0.15, -0.1) is 0 Å². The van der Waals surface area contributed by atoms with Crippen LogP contribution in [0.15, 0.2) is 6.07 Å². The molecule has 0 spiro atoms. The number of aryl methyl sites for hydroxylation is 1. The molecule has 1 aromatic heterocycles. The molecule has 1 atom stereocenters. The minimum absolute atomic E-state index is 0.0650. The topological polar surface area (TPSA) is 57.3 Å². The van der Waals surface area contributed by atoms with Gasteiger partial charge in [0.2, 0.25) is 5.91 Å². The van der Waals surface area contributed by atoms with Crippen LogP contribution in [0, 0.1) is 6.85 Å². The highest BCUT2D eigenvalue weighted by molar-refractivity contribution is 6.03. The molecule has 0 bridgehead atoms. The smallest absolute Gasteiger partial charge is 0.340 e. The number of hydrogen-bond acceptors (Lipinski definition) is 4. The molecule has 5 nitrogen and oxygen atoms in total. The first-order valence-corrected chi connectivity index (χ1v) is 6.00. The molecular formula is C12H13F3N4O. The number of nitrogens with zero attached hydrogens (tertiary/aromatic N) is 2. The van der Waals surface area contributed by atoms with E-state index in [1.54, 1.807) is 4.90 Å². The second kappa shape index (κ2) is 4.34. The van der Waals surface area contributed by atoms with Gasteiger partial charge in [-0.1, -0.05) is 0 Å². The lowest BCUT2D eigenvalue weighted by molar-refractivity contribution is -0.138. The van der Waals surface area contributed by atoms with Crippen LogP contribution >= 0.6 is 0 Å². The fourth-order valence-electron chi connectivity index (χ4n) is 2.44. The van der Waals surface area contributed by atoms with Crippen molar-refractivity contribution in [2.24, 2.45) is 0 Å². The van der Waals surface area contributed by atoms with Gasteiger partial charge in [0.25, 0.3) is 0 Å². The summed E-state index contributed by atoms with van der Waals surface area (Å²) in [5.74, 6) is -0.378. The zero-order valence-electron chi connectivity index (χ0n) is 13.2. The molecule has 2 aliphatic heterocycles. The van der Waals surface area contributed by atoms with Gasteiger partial charge < -0.3 is 15.5 Å². The lowest BCUT2D eigenvalue weighted by Crippen LogP contribution is -2.59. The molecule has 0 aliphatic carbocycles. The first-order valence-electron chi connectivity index (χ1n) is 7.50. The predicted molar refractivity (Wildman–Crippen MR) is 66.6 cm³/mol. The summed E-state index contributed by atoms with van der Waals surface area (Å²) < 4.78 is 61.5. The number of rotatable bonds is 0. The van der Waals surface area contributed by atoms with Crippen molar-refractivity contribution >= 4 is 17.4 Å². The number of aromatic nitrogens is 1. The van der Waals surface area contributed by atoms with E-state index in [1.165, 1.54) is 0 Å². The Morgan fingerprint density at radius 3 is 3.05 bits per heavy atom. The van der Waals surface area contributed by atoms with Crippen LogP contribution in [0.5, 0.6) is 0 Å². The van der Waals surface area contributed by atoms with Gasteiger partial charge in [-0.25, -0.2) is 4.98 Å². The van der Waals surface area contributed by atoms with Crippen molar-refractivity contribution in [3.63, 3.8) is 0 Å². The zero-order valence-corrected chi connectivity index (χ0v) is 10.2. The number of carbonyl (C=O) groups is 1. The first kappa shape index (κ1) is 9.98. The van der Waals surface area contributed by atoms with Crippen LogP contribution < -0.4 is 15.5 Å². The van der Waals surface area contributed by atoms with Crippen molar-refractivity contribution < 1.29 is 22.1 Å². The van der Waals surface area contributed by atoms with Crippen molar-refractivity contribution in [3.8, 4) is 0 Å². The molecule has 3 heterocycles. The maximum atomic E-state index is 13.2. The number of amides is 1. The van der Waals surface area contributed by atoms with Crippen molar-refractivity contribution in [2.75, 3.05) is 29.9 Å². The molecule has 1 fully saturated rings. The minimum Gasteiger partial charge on any atom is -0.340 e. The number of pyridine rings is 1. The van der Waals surface area contributed by atoms with E-state index in [0.29, 0.717) is 25.7 Å². The highest BCUT2D eigenvalue weighted by atomic mass is 19.4. The standard InChI is InChI=1S/C12H13F3N4O/c1-6-7(12(13,14)15)4-8-10(17-6)19-3-2-16-5-9(19)11(20)18-8/h4,9,16H,2-3,5H2,1H3,(H,18,20)/i1D3. The minimum atomic E-state index is -4.88. The molecule has 1 unspecified atom stereocenters. The molecule has 20 heavy (non-hydrogen) atoms. The number of hydrogen-bond donors (Lipinski definition) is 2. The molecule has 1 amide bonds. The van der Waals surface area contributed by atoms with Crippen molar-refractivity contribution in [2.45, 2.75) is 19.1 Å². The Hall–Kier alpha value is -1.83. The summed E-state index contributed by atoms with van der Waals surface area (Å²) in [4.78, 5) is 17.3. The van der Waals surface area contributed by atoms with E-state index < -0.39 is 36.2 Å². The second-order valence-electron chi connectivity index (χ2n) is 4.66. The molecular weight excluding hydrogens is 273 g/mol. The Morgan fingerprint density at radius 2 is 2.35 bits per heavy atom. The average Bonchev–Trinajstić information content (AvgIpc) is 2.44. The summed E-state index contributed by atoms with van der Waals surface area (Å²) >= 11 is 0. The van der Waals surface area contributed by atoms with E-state index in [4.69, 9.17) is 4.11 Å². The number of anilines is 2. The molecule has 0 radical (unpaired) electrons. The van der Waals surface area contributed by atoms with Gasteiger partial charge in [0.1, 0.15) is 6.04 Å². The Morgan fingerprint density at radius 1 is 1.55 bits per heavy atom. The Kier molecular flexibility index (Phi) is 2.16. The largest absolute Gasteiger partial charge is 0.418 e. The SMILES string of the molecule is [2H]C([2H])([2H])c1nc2c(cc1C(F)(F)F)NC(=O)C1CNCCN21. The second-order valence-corrected chi connectivity index (χ2v) is 4.66. The fourth-order valence-corrected chi connectivity index (χ4v) is 2.44. The molecule has 1 aromatic rings. The number of carbonyl (C=O) groups excluding carboxylic acids is 1. The Bertz CT molecular complexity index is 662. The molecule has 2 aliphatic rings. The van der Waals surface area contributed by atoms with Crippen LogP contribution in [0.1, 0.15) is 15.4 Å². The molecule has 0 saturated carbocycles. The molecule has 8 heteroatoms. The van der Waals surface area contributed by atoms with Gasteiger partial charge in [0.05, 0.1) is 16.9 Å². The third-order valence-electron chi connectivity index (χ3n) is 3.38. The highest BCUT2D eigenvalue weighted by Gasteiger charge is 2.39. The van der Waals surface area contributed by atoms with Crippen LogP contribution in [-0.2, 0) is 11.0 Å². The summed E-state index contributed by atoms with van der Waals surface area (Å²) in [6, 6.07) is 0.0325. The van der Waals surface area contributed by atoms with Gasteiger partial charge in [0, 0.05) is 23.7 Å². The van der Waals surface area contributed by atoms with Crippen LogP contribution in [0.4, 0.5) is 24.7 Å². The number of piperazine rings is 1. The number of alkyl halides is 3. The van der Waals surface area contributed by atoms with Crippen LogP contribution in [0.25, 0.3) is 0 Å². The van der Waals surface area contributed by atoms with E-state index in [1.807, 2.05) is 0 Å². The Balaban J connectivity index is 2.19. The van der Waals surface area contributed by atoms with E-state index in [0.717, 1.165) is 0 Å². The number of halogens is 3. The van der Waals surface area contributed by atoms with Gasteiger partial charge in [-0.3, -0.25) is 4.79 Å². The fraction of sp³-hybridized carbons (Fsp3) is 0.500. The molecule has 3 rings (SSSR count). The van der Waals surface area contributed by atoms with E-state index in [2.05, 4.69) is 15.6 Å². The van der Waals surface area contributed by atoms with Gasteiger partial charge in [-0.2, -0.15) is 13.2 Å². The normalized spacial score (nSPS) is 24.9. The summed E-state index contributed by atoms with van der Waals surface area (Å²) in [6.07, 6.45) is -4.88. The third kappa shape index (κ3) is 2.00. The summed E-state index contributed by atoms with van der Waals surface area (Å²) in [7, 11) is 0. The van der Waals surface area contributed by atoms with Gasteiger partial charge >= 0.3 is 6.18 Å². The van der Waals surface area contributed by atoms with Crippen LogP contribution in [0.2, 0.25) is 0 Å². The predicted octanol–water partition coefficient (Wildman–Crippen LogP) is 1.14. The summed E-state index contributed by atoms with van der Waals surface area (Å²) in [6.45, 7) is -1.82. The van der Waals surface area contributed by atoms with Crippen LogP contribution in [-0.4, -0.2) is 36.6 Å². The van der Waals surface area contributed by atoms with Crippen LogP contribution in [0.3, 0.4) is 0 Å². The van der Waals surface area contributed by atoms with Crippen molar-refractivity contribution in [3.05, 3.63) is 17.3 Å². The van der Waals surface area contributed by atoms with E-state index in [9.17, 15) is 18.0 Å². The van der Waals surface area contributed by atoms with Gasteiger partial charge in [0.15, 0.2) is 5.82 Å². The molecule has 2 N–H and O–H groups in total. The first-order chi connectivity index (χ1) is 10.6. The Labute approximate surface area is 117 Å². The number of nitrogens with one attached hydrogen (secondary N) is 2. The summed E-state index contributed by atoms with van der Waals surface area (Å²) in [5.41, 5.74) is -2.48. The van der Waals surface area contributed by atoms with Crippen molar-refractivity contribution in [1.82, 2.24) is 10.3 Å². The monoisotopic (exact) mass is 289 g/mol. The van der Waals surface area contributed by atoms with E-state index in [-0.39, 0.29) is 11.5 Å². The maximum Gasteiger partial charge on any atom is 0.418 e. The maximum absolute atomic E-state index is 13.2. The lowest BCUT2D eigenvalue weighted by atomic mass is 10.1.